The van der Waals surface area contributed by atoms with Crippen molar-refractivity contribution < 1.29 is 14.5 Å². The molecule has 0 radical (unpaired) electrons. The molecule has 35 heavy (non-hydrogen) atoms. The van der Waals surface area contributed by atoms with Crippen LogP contribution in [0.3, 0.4) is 0 Å². The van der Waals surface area contributed by atoms with Crippen molar-refractivity contribution in [1.29, 1.82) is 0 Å². The van der Waals surface area contributed by atoms with Crippen molar-refractivity contribution in [2.75, 3.05) is 0 Å². The molecule has 0 aliphatic rings. The molecule has 0 unspecified atom stereocenters. The van der Waals surface area contributed by atoms with Crippen LogP contribution in [0.25, 0.3) is 60.6 Å². The predicted molar refractivity (Wildman–Crippen MR) is 143 cm³/mol. The zero-order chi connectivity index (χ0) is 23.5. The Morgan fingerprint density at radius 2 is 1.23 bits per heavy atom. The monoisotopic (exact) mass is 453 g/mol. The molecule has 0 saturated heterocycles. The van der Waals surface area contributed by atoms with Gasteiger partial charge in [0.2, 0.25) is 0 Å². The summed E-state index contributed by atoms with van der Waals surface area (Å²) >= 11 is 0. The summed E-state index contributed by atoms with van der Waals surface area (Å²) in [6, 6.07) is 36.9. The van der Waals surface area contributed by atoms with Gasteiger partial charge in [0.25, 0.3) is 0 Å². The Bertz CT molecular complexity index is 1880. The normalized spacial score (nSPS) is 11.7. The molecule has 0 aliphatic heterocycles. The first-order valence-corrected chi connectivity index (χ1v) is 11.6. The van der Waals surface area contributed by atoms with E-state index in [9.17, 15) is 10.0 Å². The Morgan fingerprint density at radius 3 is 2.06 bits per heavy atom. The van der Waals surface area contributed by atoms with E-state index in [2.05, 4.69) is 77.4 Å². The van der Waals surface area contributed by atoms with Gasteiger partial charge >= 0.3 is 7.12 Å². The fraction of sp³-hybridized carbons (Fsp3) is 0. The van der Waals surface area contributed by atoms with E-state index >= 15 is 0 Å². The minimum atomic E-state index is -1.60. The van der Waals surface area contributed by atoms with Crippen LogP contribution in [-0.4, -0.2) is 21.7 Å². The van der Waals surface area contributed by atoms with Gasteiger partial charge in [-0.3, -0.25) is 0 Å². The molecule has 0 spiro atoms. The highest BCUT2D eigenvalue weighted by atomic mass is 16.4. The molecular formula is C30H20BNO3. The van der Waals surface area contributed by atoms with Gasteiger partial charge in [-0.25, -0.2) is 0 Å². The third-order valence-electron chi connectivity index (χ3n) is 6.83. The Labute approximate surface area is 201 Å². The molecule has 2 aromatic heterocycles. The summed E-state index contributed by atoms with van der Waals surface area (Å²) in [6.07, 6.45) is 0. The van der Waals surface area contributed by atoms with Crippen LogP contribution in [0.4, 0.5) is 0 Å². The molecule has 7 rings (SSSR count). The fourth-order valence-corrected chi connectivity index (χ4v) is 5.25. The number of para-hydroxylation sites is 3. The minimum absolute atomic E-state index is 0.361. The minimum Gasteiger partial charge on any atom is -0.454 e. The molecule has 0 atom stereocenters. The fourth-order valence-electron chi connectivity index (χ4n) is 5.25. The van der Waals surface area contributed by atoms with E-state index in [0.29, 0.717) is 16.6 Å². The Balaban J connectivity index is 1.57. The molecule has 5 aromatic carbocycles. The third kappa shape index (κ3) is 2.96. The van der Waals surface area contributed by atoms with Gasteiger partial charge in [0.15, 0.2) is 5.58 Å². The summed E-state index contributed by atoms with van der Waals surface area (Å²) in [5, 5.41) is 23.9. The van der Waals surface area contributed by atoms with Gasteiger partial charge in [0, 0.05) is 27.0 Å². The first kappa shape index (κ1) is 20.1. The van der Waals surface area contributed by atoms with Gasteiger partial charge in [-0.05, 0) is 35.4 Å². The van der Waals surface area contributed by atoms with Crippen LogP contribution >= 0.6 is 0 Å². The van der Waals surface area contributed by atoms with Crippen LogP contribution in [0.15, 0.2) is 114 Å². The van der Waals surface area contributed by atoms with Crippen molar-refractivity contribution in [3.63, 3.8) is 0 Å². The van der Waals surface area contributed by atoms with Crippen molar-refractivity contribution >= 4 is 56.3 Å². The van der Waals surface area contributed by atoms with Crippen LogP contribution in [0.1, 0.15) is 0 Å². The summed E-state index contributed by atoms with van der Waals surface area (Å²) in [6.45, 7) is 0. The van der Waals surface area contributed by atoms with Crippen molar-refractivity contribution in [2.24, 2.45) is 0 Å². The van der Waals surface area contributed by atoms with Crippen molar-refractivity contribution in [3.05, 3.63) is 109 Å². The lowest BCUT2D eigenvalue weighted by atomic mass is 9.79. The van der Waals surface area contributed by atoms with Crippen LogP contribution in [0.5, 0.6) is 0 Å². The van der Waals surface area contributed by atoms with E-state index in [1.54, 1.807) is 6.07 Å². The Hall–Kier alpha value is -4.32. The predicted octanol–water partition coefficient (Wildman–Crippen LogP) is 6.03. The molecule has 0 aliphatic carbocycles. The maximum atomic E-state index is 9.89. The first-order chi connectivity index (χ1) is 17.2. The highest BCUT2D eigenvalue weighted by Crippen LogP contribution is 2.38. The Morgan fingerprint density at radius 1 is 0.543 bits per heavy atom. The molecule has 0 bridgehead atoms. The van der Waals surface area contributed by atoms with E-state index in [4.69, 9.17) is 4.42 Å². The van der Waals surface area contributed by atoms with Crippen LogP contribution in [-0.2, 0) is 0 Å². The standard InChI is InChI=1S/C30H20BNO3/c33-31(34)25-13-6-11-22-23-12-7-15-28(30(23)35-29(22)25)32-26-14-5-4-10-21(26)24-18-20(16-17-27(24)32)19-8-2-1-3-9-19/h1-18,33-34H. The summed E-state index contributed by atoms with van der Waals surface area (Å²) in [5.74, 6) is 0. The van der Waals surface area contributed by atoms with Crippen molar-refractivity contribution in [2.45, 2.75) is 0 Å². The number of rotatable bonds is 3. The molecule has 0 fully saturated rings. The number of benzene rings is 5. The zero-order valence-electron chi connectivity index (χ0n) is 18.7. The number of hydrogen-bond donors (Lipinski definition) is 2. The van der Waals surface area contributed by atoms with E-state index in [-0.39, 0.29) is 0 Å². The van der Waals surface area contributed by atoms with Crippen molar-refractivity contribution in [3.8, 4) is 16.8 Å². The van der Waals surface area contributed by atoms with Crippen molar-refractivity contribution in [1.82, 2.24) is 4.57 Å². The van der Waals surface area contributed by atoms with Crippen LogP contribution in [0.2, 0.25) is 0 Å². The molecule has 2 N–H and O–H groups in total. The number of nitrogens with zero attached hydrogens (tertiary/aromatic N) is 1. The summed E-state index contributed by atoms with van der Waals surface area (Å²) < 4.78 is 8.59. The summed E-state index contributed by atoms with van der Waals surface area (Å²) in [5.41, 5.74) is 7.01. The molecule has 4 nitrogen and oxygen atoms in total. The first-order valence-electron chi connectivity index (χ1n) is 11.6. The zero-order valence-corrected chi connectivity index (χ0v) is 18.7. The number of fused-ring (bicyclic) bond motifs is 6. The molecular weight excluding hydrogens is 433 g/mol. The number of hydrogen-bond acceptors (Lipinski definition) is 3. The summed E-state index contributed by atoms with van der Waals surface area (Å²) in [4.78, 5) is 0. The smallest absolute Gasteiger partial charge is 0.454 e. The second-order valence-corrected chi connectivity index (χ2v) is 8.80. The molecule has 2 heterocycles. The number of aromatic nitrogens is 1. The molecule has 7 aromatic rings. The second kappa shape index (κ2) is 7.60. The van der Waals surface area contributed by atoms with E-state index in [1.807, 2.05) is 30.3 Å². The highest BCUT2D eigenvalue weighted by Gasteiger charge is 2.22. The van der Waals surface area contributed by atoms with Gasteiger partial charge in [-0.1, -0.05) is 84.9 Å². The lowest BCUT2D eigenvalue weighted by Crippen LogP contribution is -2.29. The van der Waals surface area contributed by atoms with E-state index in [1.165, 1.54) is 21.9 Å². The van der Waals surface area contributed by atoms with Gasteiger partial charge < -0.3 is 19.0 Å². The summed E-state index contributed by atoms with van der Waals surface area (Å²) in [7, 11) is -1.60. The van der Waals surface area contributed by atoms with Gasteiger partial charge in [0.05, 0.1) is 16.7 Å². The maximum absolute atomic E-state index is 9.89. The Kier molecular flexibility index (Phi) is 4.36. The third-order valence-corrected chi connectivity index (χ3v) is 6.83. The maximum Gasteiger partial charge on any atom is 0.492 e. The highest BCUT2D eigenvalue weighted by molar-refractivity contribution is 6.61. The quantitative estimate of drug-likeness (QED) is 0.321. The average molecular weight is 453 g/mol. The number of furan rings is 1. The molecule has 166 valence electrons. The molecule has 5 heteroatoms. The molecule has 0 amide bonds. The van der Waals surface area contributed by atoms with Gasteiger partial charge in [-0.15, -0.1) is 0 Å². The van der Waals surface area contributed by atoms with Gasteiger partial charge in [-0.2, -0.15) is 0 Å². The van der Waals surface area contributed by atoms with E-state index in [0.717, 1.165) is 27.5 Å². The largest absolute Gasteiger partial charge is 0.492 e. The SMILES string of the molecule is OB(O)c1cccc2c1oc1c(-n3c4ccccc4c4cc(-c5ccccc5)ccc43)cccc12. The second-order valence-electron chi connectivity index (χ2n) is 8.80. The lowest BCUT2D eigenvalue weighted by Gasteiger charge is -2.09. The average Bonchev–Trinajstić information content (AvgIpc) is 3.44. The van der Waals surface area contributed by atoms with Crippen LogP contribution < -0.4 is 5.46 Å². The topological polar surface area (TPSA) is 58.5 Å². The lowest BCUT2D eigenvalue weighted by molar-refractivity contribution is 0.425. The van der Waals surface area contributed by atoms with Crippen LogP contribution in [0, 0.1) is 0 Å². The van der Waals surface area contributed by atoms with Gasteiger partial charge in [0.1, 0.15) is 5.58 Å². The van der Waals surface area contributed by atoms with E-state index < -0.39 is 7.12 Å². The molecule has 0 saturated carbocycles.